The van der Waals surface area contributed by atoms with Gasteiger partial charge in [0.2, 0.25) is 0 Å². The number of rotatable bonds is 5. The van der Waals surface area contributed by atoms with Gasteiger partial charge in [-0.15, -0.1) is 6.58 Å². The molecule has 1 aromatic rings. The normalized spacial score (nSPS) is 9.86. The summed E-state index contributed by atoms with van der Waals surface area (Å²) in [6.45, 7) is 5.95. The third-order valence-corrected chi connectivity index (χ3v) is 1.93. The van der Waals surface area contributed by atoms with E-state index >= 15 is 0 Å². The van der Waals surface area contributed by atoms with E-state index in [2.05, 4.69) is 6.58 Å². The summed E-state index contributed by atoms with van der Waals surface area (Å²) in [5.74, 6) is 0.0447. The Labute approximate surface area is 84.2 Å². The number of ether oxygens (including phenoxy) is 1. The molecule has 0 fully saturated rings. The molecule has 14 heavy (non-hydrogen) atoms. The second-order valence-corrected chi connectivity index (χ2v) is 3.03. The molecule has 0 spiro atoms. The Morgan fingerprint density at radius 3 is 2.86 bits per heavy atom. The van der Waals surface area contributed by atoms with Crippen LogP contribution >= 0.6 is 0 Å². The van der Waals surface area contributed by atoms with Crippen molar-refractivity contribution in [3.05, 3.63) is 42.2 Å². The standard InChI is InChI=1S/C12H15FO/c1-3-5-6-10-7-8-12(14-4-2)11(13)9-10/h3,7-9H,1,4-6H2,2H3. The van der Waals surface area contributed by atoms with Crippen molar-refractivity contribution in [3.63, 3.8) is 0 Å². The number of hydrogen-bond acceptors (Lipinski definition) is 1. The summed E-state index contributed by atoms with van der Waals surface area (Å²) in [5.41, 5.74) is 0.978. The lowest BCUT2D eigenvalue weighted by Crippen LogP contribution is -1.95. The molecule has 0 unspecified atom stereocenters. The largest absolute Gasteiger partial charge is 0.491 e. The van der Waals surface area contributed by atoms with Gasteiger partial charge in [0.25, 0.3) is 0 Å². The Balaban J connectivity index is 2.72. The topological polar surface area (TPSA) is 9.23 Å². The summed E-state index contributed by atoms with van der Waals surface area (Å²) < 4.78 is 18.4. The lowest BCUT2D eigenvalue weighted by Gasteiger charge is -2.05. The minimum atomic E-state index is -0.284. The van der Waals surface area contributed by atoms with E-state index in [0.717, 1.165) is 18.4 Å². The van der Waals surface area contributed by atoms with E-state index in [1.54, 1.807) is 6.07 Å². The Bertz CT molecular complexity index is 307. The van der Waals surface area contributed by atoms with Gasteiger partial charge in [0, 0.05) is 0 Å². The molecule has 0 saturated carbocycles. The first-order chi connectivity index (χ1) is 6.77. The summed E-state index contributed by atoms with van der Waals surface area (Å²) >= 11 is 0. The van der Waals surface area contributed by atoms with Crippen LogP contribution in [0, 0.1) is 5.82 Å². The Hall–Kier alpha value is -1.31. The zero-order valence-electron chi connectivity index (χ0n) is 8.42. The lowest BCUT2D eigenvalue weighted by molar-refractivity contribution is 0.321. The van der Waals surface area contributed by atoms with Crippen molar-refractivity contribution >= 4 is 0 Å². The summed E-state index contributed by atoms with van der Waals surface area (Å²) in [6, 6.07) is 5.09. The van der Waals surface area contributed by atoms with Gasteiger partial charge in [-0.05, 0) is 37.5 Å². The maximum Gasteiger partial charge on any atom is 0.165 e. The maximum absolute atomic E-state index is 13.3. The van der Waals surface area contributed by atoms with E-state index in [9.17, 15) is 4.39 Å². The monoisotopic (exact) mass is 194 g/mol. The number of allylic oxidation sites excluding steroid dienone is 1. The van der Waals surface area contributed by atoms with Crippen LogP contribution in [0.2, 0.25) is 0 Å². The van der Waals surface area contributed by atoms with Crippen molar-refractivity contribution in [2.24, 2.45) is 0 Å². The van der Waals surface area contributed by atoms with Crippen LogP contribution in [0.4, 0.5) is 4.39 Å². The SMILES string of the molecule is C=CCCc1ccc(OCC)c(F)c1. The molecule has 0 aliphatic heterocycles. The van der Waals surface area contributed by atoms with Gasteiger partial charge in [-0.25, -0.2) is 4.39 Å². The van der Waals surface area contributed by atoms with Crippen LogP contribution in [0.3, 0.4) is 0 Å². The van der Waals surface area contributed by atoms with Crippen LogP contribution in [0.15, 0.2) is 30.9 Å². The van der Waals surface area contributed by atoms with Crippen LogP contribution in [-0.2, 0) is 6.42 Å². The molecular weight excluding hydrogens is 179 g/mol. The first kappa shape index (κ1) is 10.8. The molecule has 0 atom stereocenters. The summed E-state index contributed by atoms with van der Waals surface area (Å²) in [7, 11) is 0. The van der Waals surface area contributed by atoms with Crippen LogP contribution in [0.1, 0.15) is 18.9 Å². The molecule has 0 aliphatic carbocycles. The Morgan fingerprint density at radius 2 is 2.29 bits per heavy atom. The summed E-state index contributed by atoms with van der Waals surface area (Å²) in [6.07, 6.45) is 3.52. The lowest BCUT2D eigenvalue weighted by atomic mass is 10.1. The first-order valence-corrected chi connectivity index (χ1v) is 4.80. The predicted molar refractivity (Wildman–Crippen MR) is 56.1 cm³/mol. The maximum atomic E-state index is 13.3. The smallest absolute Gasteiger partial charge is 0.165 e. The highest BCUT2D eigenvalue weighted by molar-refractivity contribution is 5.29. The molecule has 0 N–H and O–H groups in total. The van der Waals surface area contributed by atoms with Crippen molar-refractivity contribution in [3.8, 4) is 5.75 Å². The van der Waals surface area contributed by atoms with Gasteiger partial charge in [0.1, 0.15) is 0 Å². The molecule has 76 valence electrons. The number of aryl methyl sites for hydroxylation is 1. The van der Waals surface area contributed by atoms with Gasteiger partial charge >= 0.3 is 0 Å². The average molecular weight is 194 g/mol. The molecule has 1 rings (SSSR count). The zero-order valence-corrected chi connectivity index (χ0v) is 8.42. The molecular formula is C12H15FO. The highest BCUT2D eigenvalue weighted by Gasteiger charge is 2.03. The molecule has 0 radical (unpaired) electrons. The minimum absolute atomic E-state index is 0.284. The second kappa shape index (κ2) is 5.43. The van der Waals surface area contributed by atoms with E-state index in [1.165, 1.54) is 6.07 Å². The third-order valence-electron chi connectivity index (χ3n) is 1.93. The molecule has 2 heteroatoms. The van der Waals surface area contributed by atoms with Gasteiger partial charge < -0.3 is 4.74 Å². The molecule has 0 bridgehead atoms. The third kappa shape index (κ3) is 2.87. The Morgan fingerprint density at radius 1 is 1.50 bits per heavy atom. The summed E-state index contributed by atoms with van der Waals surface area (Å²) in [5, 5.41) is 0. The molecule has 0 saturated heterocycles. The van der Waals surface area contributed by atoms with Crippen LogP contribution in [0.25, 0.3) is 0 Å². The van der Waals surface area contributed by atoms with Crippen molar-refractivity contribution < 1.29 is 9.13 Å². The molecule has 1 aromatic carbocycles. The number of hydrogen-bond donors (Lipinski definition) is 0. The fourth-order valence-corrected chi connectivity index (χ4v) is 1.24. The first-order valence-electron chi connectivity index (χ1n) is 4.80. The van der Waals surface area contributed by atoms with E-state index < -0.39 is 0 Å². The van der Waals surface area contributed by atoms with E-state index in [4.69, 9.17) is 4.74 Å². The quantitative estimate of drug-likeness (QED) is 0.653. The Kier molecular flexibility index (Phi) is 4.17. The highest BCUT2D eigenvalue weighted by Crippen LogP contribution is 2.18. The minimum Gasteiger partial charge on any atom is -0.491 e. The van der Waals surface area contributed by atoms with Crippen molar-refractivity contribution in [2.75, 3.05) is 6.61 Å². The van der Waals surface area contributed by atoms with Crippen molar-refractivity contribution in [1.82, 2.24) is 0 Å². The van der Waals surface area contributed by atoms with Gasteiger partial charge in [0.15, 0.2) is 11.6 Å². The number of halogens is 1. The second-order valence-electron chi connectivity index (χ2n) is 3.03. The molecule has 0 amide bonds. The molecule has 0 aliphatic rings. The van der Waals surface area contributed by atoms with Crippen molar-refractivity contribution in [1.29, 1.82) is 0 Å². The van der Waals surface area contributed by atoms with Gasteiger partial charge in [0.05, 0.1) is 6.61 Å². The van der Waals surface area contributed by atoms with Gasteiger partial charge in [-0.3, -0.25) is 0 Å². The average Bonchev–Trinajstić information content (AvgIpc) is 2.19. The van der Waals surface area contributed by atoms with Crippen LogP contribution < -0.4 is 4.74 Å². The van der Waals surface area contributed by atoms with Crippen LogP contribution in [0.5, 0.6) is 5.75 Å². The molecule has 0 heterocycles. The predicted octanol–water partition coefficient (Wildman–Crippen LogP) is 3.34. The van der Waals surface area contributed by atoms with E-state index in [1.807, 2.05) is 19.1 Å². The molecule has 1 nitrogen and oxygen atoms in total. The number of benzene rings is 1. The van der Waals surface area contributed by atoms with Crippen molar-refractivity contribution in [2.45, 2.75) is 19.8 Å². The van der Waals surface area contributed by atoms with Gasteiger partial charge in [-0.1, -0.05) is 12.1 Å². The molecule has 0 aromatic heterocycles. The fourth-order valence-electron chi connectivity index (χ4n) is 1.24. The van der Waals surface area contributed by atoms with E-state index in [-0.39, 0.29) is 5.82 Å². The zero-order chi connectivity index (χ0) is 10.4. The fraction of sp³-hybridized carbons (Fsp3) is 0.333. The highest BCUT2D eigenvalue weighted by atomic mass is 19.1. The summed E-state index contributed by atoms with van der Waals surface area (Å²) in [4.78, 5) is 0. The van der Waals surface area contributed by atoms with Crippen LogP contribution in [-0.4, -0.2) is 6.61 Å². The van der Waals surface area contributed by atoms with E-state index in [0.29, 0.717) is 12.4 Å². The van der Waals surface area contributed by atoms with Gasteiger partial charge in [-0.2, -0.15) is 0 Å².